The van der Waals surface area contributed by atoms with Crippen LogP contribution >= 0.6 is 0 Å². The van der Waals surface area contributed by atoms with Crippen molar-refractivity contribution < 1.29 is 23.1 Å². The highest BCUT2D eigenvalue weighted by Gasteiger charge is 2.17. The van der Waals surface area contributed by atoms with Gasteiger partial charge < -0.3 is 20.1 Å². The summed E-state index contributed by atoms with van der Waals surface area (Å²) in [7, 11) is -3.72. The lowest BCUT2D eigenvalue weighted by Crippen LogP contribution is -2.43. The molecule has 0 radical (unpaired) electrons. The molecule has 0 saturated heterocycles. The molecule has 8 nitrogen and oxygen atoms in total. The Hall–Kier alpha value is -2.62. The summed E-state index contributed by atoms with van der Waals surface area (Å²) in [4.78, 5) is 14.3. The summed E-state index contributed by atoms with van der Waals surface area (Å²) in [5, 5.41) is 17.7. The number of aliphatic hydroxyl groups is 1. The van der Waals surface area contributed by atoms with Gasteiger partial charge in [-0.15, -0.1) is 0 Å². The maximum Gasteiger partial charge on any atom is 0.317 e. The topological polar surface area (TPSA) is 122 Å². The zero-order valence-electron chi connectivity index (χ0n) is 17.2. The lowest BCUT2D eigenvalue weighted by Gasteiger charge is -2.25. The number of sulfonamides is 1. The number of nitrogens with one attached hydrogen (secondary N) is 1. The van der Waals surface area contributed by atoms with Crippen molar-refractivity contribution in [3.63, 3.8) is 0 Å². The Kier molecular flexibility index (Phi) is 8.64. The van der Waals surface area contributed by atoms with Gasteiger partial charge in [0.15, 0.2) is 0 Å². The Balaban J connectivity index is 1.98. The standard InChI is InChI=1S/C21H29N3O5S/c1-3-29-20-7-5-4-6-18(20)15-24(14-16(2)25)21(26)23-13-12-17-8-10-19(11-9-17)30(22,27)28/h4-11,16,25H,3,12-15H2,1-2H3,(H,23,26)(H2,22,27,28)/t16-/m0/s1. The highest BCUT2D eigenvalue weighted by molar-refractivity contribution is 7.89. The van der Waals surface area contributed by atoms with Gasteiger partial charge >= 0.3 is 6.03 Å². The number of hydrogen-bond donors (Lipinski definition) is 3. The van der Waals surface area contributed by atoms with E-state index in [0.29, 0.717) is 31.9 Å². The van der Waals surface area contributed by atoms with Gasteiger partial charge in [0, 0.05) is 18.7 Å². The second kappa shape index (κ2) is 11.0. The Labute approximate surface area is 177 Å². The number of aliphatic hydroxyl groups excluding tert-OH is 1. The summed E-state index contributed by atoms with van der Waals surface area (Å²) < 4.78 is 28.2. The molecular weight excluding hydrogens is 406 g/mol. The van der Waals surface area contributed by atoms with E-state index >= 15 is 0 Å². The van der Waals surface area contributed by atoms with E-state index in [4.69, 9.17) is 9.88 Å². The van der Waals surface area contributed by atoms with Gasteiger partial charge in [-0.2, -0.15) is 0 Å². The normalized spacial score (nSPS) is 12.3. The second-order valence-corrected chi connectivity index (χ2v) is 8.50. The summed E-state index contributed by atoms with van der Waals surface area (Å²) >= 11 is 0. The number of carbonyl (C=O) groups is 1. The van der Waals surface area contributed by atoms with E-state index in [1.807, 2.05) is 31.2 Å². The largest absolute Gasteiger partial charge is 0.494 e. The zero-order chi connectivity index (χ0) is 22.1. The number of ether oxygens (including phenoxy) is 1. The third-order valence-electron chi connectivity index (χ3n) is 4.35. The number of rotatable bonds is 10. The summed E-state index contributed by atoms with van der Waals surface area (Å²) in [5.74, 6) is 0.707. The van der Waals surface area contributed by atoms with E-state index in [0.717, 1.165) is 11.1 Å². The van der Waals surface area contributed by atoms with Crippen molar-refractivity contribution in [2.75, 3.05) is 19.7 Å². The van der Waals surface area contributed by atoms with Crippen molar-refractivity contribution in [2.24, 2.45) is 5.14 Å². The maximum absolute atomic E-state index is 12.7. The van der Waals surface area contributed by atoms with Crippen molar-refractivity contribution in [1.82, 2.24) is 10.2 Å². The van der Waals surface area contributed by atoms with Crippen LogP contribution in [0.25, 0.3) is 0 Å². The summed E-state index contributed by atoms with van der Waals surface area (Å²) in [6, 6.07) is 13.4. The fourth-order valence-corrected chi connectivity index (χ4v) is 3.46. The molecule has 2 aromatic carbocycles. The average Bonchev–Trinajstić information content (AvgIpc) is 2.68. The molecule has 0 aromatic heterocycles. The smallest absolute Gasteiger partial charge is 0.317 e. The van der Waals surface area contributed by atoms with Gasteiger partial charge in [-0.1, -0.05) is 30.3 Å². The summed E-state index contributed by atoms with van der Waals surface area (Å²) in [6.07, 6.45) is -0.157. The molecule has 4 N–H and O–H groups in total. The van der Waals surface area contributed by atoms with Crippen LogP contribution in [0.1, 0.15) is 25.0 Å². The van der Waals surface area contributed by atoms with Crippen molar-refractivity contribution in [3.8, 4) is 5.75 Å². The molecule has 9 heteroatoms. The minimum Gasteiger partial charge on any atom is -0.494 e. The van der Waals surface area contributed by atoms with Gasteiger partial charge in [-0.25, -0.2) is 18.4 Å². The minimum absolute atomic E-state index is 0.0476. The highest BCUT2D eigenvalue weighted by atomic mass is 32.2. The van der Waals surface area contributed by atoms with Crippen molar-refractivity contribution in [2.45, 2.75) is 37.8 Å². The first-order valence-electron chi connectivity index (χ1n) is 9.74. The number of benzene rings is 2. The Morgan fingerprint density at radius 2 is 1.87 bits per heavy atom. The fourth-order valence-electron chi connectivity index (χ4n) is 2.95. The van der Waals surface area contributed by atoms with Crippen LogP contribution in [0.5, 0.6) is 5.75 Å². The average molecular weight is 436 g/mol. The van der Waals surface area contributed by atoms with E-state index < -0.39 is 16.1 Å². The molecule has 0 saturated carbocycles. The number of hydrogen-bond acceptors (Lipinski definition) is 5. The fraction of sp³-hybridized carbons (Fsp3) is 0.381. The van der Waals surface area contributed by atoms with Crippen molar-refractivity contribution in [1.29, 1.82) is 0 Å². The van der Waals surface area contributed by atoms with Gasteiger partial charge in [0.05, 0.1) is 24.2 Å². The second-order valence-electron chi connectivity index (χ2n) is 6.94. The number of amides is 2. The molecule has 164 valence electrons. The van der Waals surface area contributed by atoms with Crippen LogP contribution in [0.15, 0.2) is 53.4 Å². The molecule has 1 atom stereocenters. The zero-order valence-corrected chi connectivity index (χ0v) is 18.1. The van der Waals surface area contributed by atoms with E-state index in [1.165, 1.54) is 17.0 Å². The van der Waals surface area contributed by atoms with E-state index in [9.17, 15) is 18.3 Å². The van der Waals surface area contributed by atoms with Gasteiger partial charge in [-0.05, 0) is 44.0 Å². The van der Waals surface area contributed by atoms with Crippen LogP contribution in [-0.2, 0) is 23.0 Å². The molecule has 0 aliphatic rings. The summed E-state index contributed by atoms with van der Waals surface area (Å²) in [5.41, 5.74) is 1.72. The van der Waals surface area contributed by atoms with Crippen LogP contribution in [0, 0.1) is 0 Å². The number of nitrogens with zero attached hydrogens (tertiary/aromatic N) is 1. The van der Waals surface area contributed by atoms with Crippen LogP contribution in [0.2, 0.25) is 0 Å². The predicted molar refractivity (Wildman–Crippen MR) is 115 cm³/mol. The molecule has 0 spiro atoms. The molecule has 2 amide bonds. The lowest BCUT2D eigenvalue weighted by molar-refractivity contribution is 0.129. The maximum atomic E-state index is 12.7. The first-order chi connectivity index (χ1) is 14.2. The predicted octanol–water partition coefficient (Wildman–Crippen LogP) is 1.87. The number of carbonyl (C=O) groups excluding carboxylic acids is 1. The molecule has 0 aliphatic carbocycles. The molecular formula is C21H29N3O5S. The molecule has 2 aromatic rings. The number of primary sulfonamides is 1. The first kappa shape index (κ1) is 23.7. The minimum atomic E-state index is -3.72. The molecule has 30 heavy (non-hydrogen) atoms. The quantitative estimate of drug-likeness (QED) is 0.526. The van der Waals surface area contributed by atoms with Gasteiger partial charge in [0.2, 0.25) is 10.0 Å². The molecule has 0 aliphatic heterocycles. The van der Waals surface area contributed by atoms with Gasteiger partial charge in [0.1, 0.15) is 5.75 Å². The van der Waals surface area contributed by atoms with Gasteiger partial charge in [0.25, 0.3) is 0 Å². The highest BCUT2D eigenvalue weighted by Crippen LogP contribution is 2.20. The number of para-hydroxylation sites is 1. The van der Waals surface area contributed by atoms with E-state index in [2.05, 4.69) is 5.32 Å². The number of urea groups is 1. The monoisotopic (exact) mass is 435 g/mol. The van der Waals surface area contributed by atoms with Crippen LogP contribution in [0.4, 0.5) is 4.79 Å². The van der Waals surface area contributed by atoms with Crippen molar-refractivity contribution in [3.05, 3.63) is 59.7 Å². The van der Waals surface area contributed by atoms with E-state index in [1.54, 1.807) is 19.1 Å². The molecule has 0 fully saturated rings. The number of nitrogens with two attached hydrogens (primary N) is 1. The summed E-state index contributed by atoms with van der Waals surface area (Å²) in [6.45, 7) is 4.88. The van der Waals surface area contributed by atoms with Gasteiger partial charge in [-0.3, -0.25) is 0 Å². The van der Waals surface area contributed by atoms with Crippen LogP contribution < -0.4 is 15.2 Å². The lowest BCUT2D eigenvalue weighted by atomic mass is 10.1. The van der Waals surface area contributed by atoms with Crippen LogP contribution in [0.3, 0.4) is 0 Å². The Morgan fingerprint density at radius 3 is 2.47 bits per heavy atom. The SMILES string of the molecule is CCOc1ccccc1CN(C[C@H](C)O)C(=O)NCCc1ccc(S(N)(=O)=O)cc1. The molecule has 0 bridgehead atoms. The molecule has 0 heterocycles. The molecule has 0 unspecified atom stereocenters. The Bertz CT molecular complexity index is 930. The Morgan fingerprint density at radius 1 is 1.20 bits per heavy atom. The van der Waals surface area contributed by atoms with Crippen molar-refractivity contribution >= 4 is 16.1 Å². The molecule has 2 rings (SSSR count). The van der Waals surface area contributed by atoms with Crippen LogP contribution in [-0.4, -0.2) is 50.3 Å². The first-order valence-corrected chi connectivity index (χ1v) is 11.3. The third kappa shape index (κ3) is 7.33. The third-order valence-corrected chi connectivity index (χ3v) is 5.28. The van der Waals surface area contributed by atoms with E-state index in [-0.39, 0.29) is 17.5 Å².